The lowest BCUT2D eigenvalue weighted by Gasteiger charge is -2.58. The molecular weight excluding hydrogens is 496 g/mol. The van der Waals surface area contributed by atoms with Crippen molar-refractivity contribution in [2.75, 3.05) is 13.1 Å². The van der Waals surface area contributed by atoms with Gasteiger partial charge in [-0.1, -0.05) is 43.3 Å². The van der Waals surface area contributed by atoms with Crippen LogP contribution in [0.2, 0.25) is 0 Å². The zero-order chi connectivity index (χ0) is 27.5. The van der Waals surface area contributed by atoms with Crippen molar-refractivity contribution in [2.45, 2.75) is 69.8 Å². The highest BCUT2D eigenvalue weighted by Gasteiger charge is 2.60. The summed E-state index contributed by atoms with van der Waals surface area (Å²) in [5, 5.41) is 13.7. The zero-order valence-corrected chi connectivity index (χ0v) is 21.9. The summed E-state index contributed by atoms with van der Waals surface area (Å²) in [5.41, 5.74) is -0.820. The maximum absolute atomic E-state index is 13.8. The number of amides is 1. The van der Waals surface area contributed by atoms with Gasteiger partial charge in [0, 0.05) is 24.5 Å². The molecule has 0 bridgehead atoms. The molecule has 1 aliphatic heterocycles. The Hall–Kier alpha value is -2.71. The maximum Gasteiger partial charge on any atom is 0.416 e. The zero-order valence-electron chi connectivity index (χ0n) is 21.9. The molecule has 0 aromatic heterocycles. The number of aliphatic hydroxyl groups is 1. The lowest BCUT2D eigenvalue weighted by atomic mass is 9.55. The van der Waals surface area contributed by atoms with E-state index in [4.69, 9.17) is 0 Å². The molecule has 2 N–H and O–H groups in total. The number of hydrogen-bond acceptors (Lipinski definition) is 3. The van der Waals surface area contributed by atoms with Gasteiger partial charge in [-0.05, 0) is 80.5 Å². The van der Waals surface area contributed by atoms with E-state index < -0.39 is 34.5 Å². The predicted octanol–water partition coefficient (Wildman–Crippen LogP) is 5.69. The van der Waals surface area contributed by atoms with Gasteiger partial charge < -0.3 is 10.4 Å². The van der Waals surface area contributed by atoms with E-state index in [0.717, 1.165) is 31.6 Å². The van der Waals surface area contributed by atoms with Gasteiger partial charge in [0.25, 0.3) is 0 Å². The molecule has 1 saturated heterocycles. The lowest BCUT2D eigenvalue weighted by molar-refractivity contribution is -0.173. The number of halogens is 4. The molecule has 0 radical (unpaired) electrons. The summed E-state index contributed by atoms with van der Waals surface area (Å²) in [6, 6.07) is 10.9. The minimum absolute atomic E-state index is 0.0157. The average Bonchev–Trinajstić information content (AvgIpc) is 3.17. The number of hydrogen-bond donors (Lipinski definition) is 2. The second kappa shape index (κ2) is 9.19. The quantitative estimate of drug-likeness (QED) is 0.489. The summed E-state index contributed by atoms with van der Waals surface area (Å²) in [6.07, 6.45) is 1.74. The van der Waals surface area contributed by atoms with E-state index in [-0.39, 0.29) is 23.6 Å². The van der Waals surface area contributed by atoms with Crippen molar-refractivity contribution < 1.29 is 27.5 Å². The Bertz CT molecular complexity index is 1260. The number of nitrogens with one attached hydrogen (secondary N) is 1. The van der Waals surface area contributed by atoms with Crippen molar-refractivity contribution in [3.8, 4) is 0 Å². The van der Waals surface area contributed by atoms with Gasteiger partial charge in [-0.25, -0.2) is 4.39 Å². The molecule has 5 rings (SSSR count). The number of alkyl halides is 3. The fraction of sp³-hybridized carbons (Fsp3) is 0.500. The third-order valence-corrected chi connectivity index (χ3v) is 9.25. The van der Waals surface area contributed by atoms with E-state index >= 15 is 0 Å². The van der Waals surface area contributed by atoms with Gasteiger partial charge in [0.2, 0.25) is 5.91 Å². The number of likely N-dealkylation sites (tertiary alicyclic amines) is 1. The van der Waals surface area contributed by atoms with Crippen LogP contribution in [0.5, 0.6) is 0 Å². The second-order valence-electron chi connectivity index (χ2n) is 11.8. The number of piperidine rings is 1. The molecule has 2 aliphatic carbocycles. The summed E-state index contributed by atoms with van der Waals surface area (Å²) < 4.78 is 53.0. The third kappa shape index (κ3) is 4.45. The van der Waals surface area contributed by atoms with E-state index in [1.54, 1.807) is 13.8 Å². The van der Waals surface area contributed by atoms with Crippen LogP contribution >= 0.6 is 0 Å². The summed E-state index contributed by atoms with van der Waals surface area (Å²) in [4.78, 5) is 15.8. The molecule has 1 unspecified atom stereocenters. The van der Waals surface area contributed by atoms with Gasteiger partial charge in [0.05, 0.1) is 16.6 Å². The SMILES string of the molecule is C[C@H]1CN(C2CC(C(=O)NCc3cc(F)cc(C(F)(F)F)c3)(C(C)(C)O)C2)CCC12C=Cc1ccccc12. The lowest BCUT2D eigenvalue weighted by Crippen LogP contribution is -2.67. The Kier molecular flexibility index (Phi) is 6.50. The topological polar surface area (TPSA) is 52.6 Å². The Morgan fingerprint density at radius 1 is 1.16 bits per heavy atom. The number of benzene rings is 2. The van der Waals surface area contributed by atoms with Gasteiger partial charge in [-0.2, -0.15) is 13.2 Å². The van der Waals surface area contributed by atoms with Crippen LogP contribution in [0.4, 0.5) is 17.6 Å². The van der Waals surface area contributed by atoms with Gasteiger partial charge in [-0.15, -0.1) is 0 Å². The van der Waals surface area contributed by atoms with Crippen LogP contribution in [0, 0.1) is 17.2 Å². The molecule has 1 saturated carbocycles. The van der Waals surface area contributed by atoms with Crippen molar-refractivity contribution in [2.24, 2.45) is 11.3 Å². The fourth-order valence-corrected chi connectivity index (χ4v) is 6.79. The molecular formula is C30H34F4N2O2. The first kappa shape index (κ1) is 26.9. The normalized spacial score (nSPS) is 29.3. The van der Waals surface area contributed by atoms with E-state index in [9.17, 15) is 27.5 Å². The van der Waals surface area contributed by atoms with E-state index in [1.165, 1.54) is 11.1 Å². The molecule has 8 heteroatoms. The largest absolute Gasteiger partial charge is 0.416 e. The fourth-order valence-electron chi connectivity index (χ4n) is 6.79. The highest BCUT2D eigenvalue weighted by Crippen LogP contribution is 2.54. The molecule has 204 valence electrons. The number of nitrogens with zero attached hydrogens (tertiary/aromatic N) is 1. The molecule has 4 nitrogen and oxygen atoms in total. The number of carbonyl (C=O) groups excluding carboxylic acids is 1. The molecule has 1 amide bonds. The van der Waals surface area contributed by atoms with Crippen molar-refractivity contribution >= 4 is 12.0 Å². The highest BCUT2D eigenvalue weighted by atomic mass is 19.4. The first-order chi connectivity index (χ1) is 17.7. The Morgan fingerprint density at radius 2 is 1.87 bits per heavy atom. The van der Waals surface area contributed by atoms with Gasteiger partial charge in [0.15, 0.2) is 0 Å². The van der Waals surface area contributed by atoms with Crippen molar-refractivity contribution in [3.05, 3.63) is 76.6 Å². The van der Waals surface area contributed by atoms with Crippen LogP contribution in [0.1, 0.15) is 62.3 Å². The molecule has 38 heavy (non-hydrogen) atoms. The first-order valence-electron chi connectivity index (χ1n) is 13.2. The van der Waals surface area contributed by atoms with E-state index in [2.05, 4.69) is 53.6 Å². The third-order valence-electron chi connectivity index (χ3n) is 9.25. The number of rotatable bonds is 5. The smallest absolute Gasteiger partial charge is 0.389 e. The molecule has 2 aromatic rings. The van der Waals surface area contributed by atoms with Gasteiger partial charge in [0.1, 0.15) is 5.82 Å². The van der Waals surface area contributed by atoms with Crippen LogP contribution in [-0.2, 0) is 22.9 Å². The number of fused-ring (bicyclic) bond motifs is 2. The predicted molar refractivity (Wildman–Crippen MR) is 138 cm³/mol. The molecule has 1 heterocycles. The van der Waals surface area contributed by atoms with Crippen molar-refractivity contribution in [3.63, 3.8) is 0 Å². The van der Waals surface area contributed by atoms with E-state index in [1.807, 2.05) is 0 Å². The Morgan fingerprint density at radius 3 is 2.53 bits per heavy atom. The summed E-state index contributed by atoms with van der Waals surface area (Å²) in [7, 11) is 0. The second-order valence-corrected chi connectivity index (χ2v) is 11.8. The molecule has 2 atom stereocenters. The average molecular weight is 531 g/mol. The van der Waals surface area contributed by atoms with Gasteiger partial charge >= 0.3 is 6.18 Å². The standard InChI is InChI=1S/C30H34F4N2O2/c1-19-18-36(11-10-28(19)9-8-21-6-4-5-7-25(21)28)24-15-29(16-24,27(2,3)38)26(37)35-17-20-12-22(30(32,33)34)14-23(31)13-20/h4-9,12-14,19,24,38H,10-11,15-18H2,1-3H3,(H,35,37)/t19-,24?,28?,29?/m0/s1. The van der Waals surface area contributed by atoms with E-state index in [0.29, 0.717) is 24.8 Å². The van der Waals surface area contributed by atoms with Crippen LogP contribution < -0.4 is 5.32 Å². The maximum atomic E-state index is 13.8. The Balaban J connectivity index is 1.25. The van der Waals surface area contributed by atoms with Crippen molar-refractivity contribution in [1.29, 1.82) is 0 Å². The monoisotopic (exact) mass is 530 g/mol. The Labute approximate surface area is 220 Å². The minimum atomic E-state index is -4.68. The molecule has 2 aromatic carbocycles. The number of allylic oxidation sites excluding steroid dienone is 1. The summed E-state index contributed by atoms with van der Waals surface area (Å²) in [5.74, 6) is -1.06. The molecule has 3 aliphatic rings. The number of carbonyl (C=O) groups is 1. The molecule has 2 fully saturated rings. The summed E-state index contributed by atoms with van der Waals surface area (Å²) in [6.45, 7) is 6.96. The van der Waals surface area contributed by atoms with Crippen LogP contribution in [0.25, 0.3) is 6.08 Å². The highest BCUT2D eigenvalue weighted by molar-refractivity contribution is 5.85. The molecule has 1 spiro atoms. The van der Waals surface area contributed by atoms with Crippen molar-refractivity contribution in [1.82, 2.24) is 10.2 Å². The minimum Gasteiger partial charge on any atom is -0.389 e. The summed E-state index contributed by atoms with van der Waals surface area (Å²) >= 11 is 0. The van der Waals surface area contributed by atoms with Crippen LogP contribution in [0.15, 0.2) is 48.5 Å². The van der Waals surface area contributed by atoms with Crippen LogP contribution in [0.3, 0.4) is 0 Å². The van der Waals surface area contributed by atoms with Gasteiger partial charge in [-0.3, -0.25) is 9.69 Å². The first-order valence-corrected chi connectivity index (χ1v) is 13.2. The van der Waals surface area contributed by atoms with Crippen LogP contribution in [-0.4, -0.2) is 40.6 Å².